The molecule has 5 nitrogen and oxygen atoms in total. The van der Waals surface area contributed by atoms with E-state index in [4.69, 9.17) is 0 Å². The van der Waals surface area contributed by atoms with E-state index >= 15 is 0 Å². The summed E-state index contributed by atoms with van der Waals surface area (Å²) in [7, 11) is 1.63. The molecule has 0 aliphatic carbocycles. The monoisotopic (exact) mass is 395 g/mol. The fourth-order valence-electron chi connectivity index (χ4n) is 3.36. The van der Waals surface area contributed by atoms with Gasteiger partial charge in [0.25, 0.3) is 0 Å². The Kier molecular flexibility index (Phi) is 7.82. The van der Waals surface area contributed by atoms with Crippen molar-refractivity contribution in [2.45, 2.75) is 47.0 Å². The van der Waals surface area contributed by atoms with Gasteiger partial charge in [0.1, 0.15) is 6.54 Å². The van der Waals surface area contributed by atoms with Crippen LogP contribution in [0.25, 0.3) is 0 Å². The Bertz CT molecular complexity index is 834. The number of anilines is 1. The summed E-state index contributed by atoms with van der Waals surface area (Å²) in [5.74, 6) is 0.304. The molecule has 0 atom stereocenters. The van der Waals surface area contributed by atoms with E-state index in [1.54, 1.807) is 7.05 Å². The fourth-order valence-corrected chi connectivity index (χ4v) is 3.36. The molecule has 0 aromatic heterocycles. The van der Waals surface area contributed by atoms with E-state index in [1.165, 1.54) is 16.0 Å². The molecular formula is C24H33N3O2. The predicted molar refractivity (Wildman–Crippen MR) is 120 cm³/mol. The molecule has 0 aliphatic rings. The maximum atomic E-state index is 12.4. The third-order valence-corrected chi connectivity index (χ3v) is 5.01. The Hall–Kier alpha value is -2.82. The van der Waals surface area contributed by atoms with Crippen molar-refractivity contribution in [1.82, 2.24) is 10.2 Å². The number of hydrogen-bond acceptors (Lipinski definition) is 2. The van der Waals surface area contributed by atoms with Gasteiger partial charge in [0.2, 0.25) is 5.91 Å². The topological polar surface area (TPSA) is 61.4 Å². The molecule has 0 saturated carbocycles. The number of rotatable bonds is 7. The van der Waals surface area contributed by atoms with Crippen LogP contribution in [-0.4, -0.2) is 37.0 Å². The highest BCUT2D eigenvalue weighted by Gasteiger charge is 2.14. The second kappa shape index (κ2) is 10.1. The smallest absolute Gasteiger partial charge is 0.317 e. The molecule has 0 bridgehead atoms. The van der Waals surface area contributed by atoms with Crippen molar-refractivity contribution in [2.24, 2.45) is 0 Å². The minimum atomic E-state index is -0.253. The van der Waals surface area contributed by atoms with Crippen LogP contribution in [0, 0.1) is 20.8 Å². The highest BCUT2D eigenvalue weighted by Crippen LogP contribution is 2.21. The van der Waals surface area contributed by atoms with Crippen LogP contribution >= 0.6 is 0 Å². The third kappa shape index (κ3) is 6.63. The van der Waals surface area contributed by atoms with Gasteiger partial charge < -0.3 is 15.5 Å². The van der Waals surface area contributed by atoms with E-state index in [0.717, 1.165) is 28.8 Å². The molecule has 0 heterocycles. The second-order valence-corrected chi connectivity index (χ2v) is 8.06. The van der Waals surface area contributed by atoms with Crippen LogP contribution in [0.15, 0.2) is 36.4 Å². The lowest BCUT2D eigenvalue weighted by Crippen LogP contribution is -2.42. The first-order chi connectivity index (χ1) is 13.7. The predicted octanol–water partition coefficient (Wildman–Crippen LogP) is 4.56. The molecule has 0 aliphatic heterocycles. The average molecular weight is 396 g/mol. The molecule has 2 N–H and O–H groups in total. The summed E-state index contributed by atoms with van der Waals surface area (Å²) < 4.78 is 0. The number of amides is 3. The summed E-state index contributed by atoms with van der Waals surface area (Å²) in [5, 5.41) is 5.80. The van der Waals surface area contributed by atoms with Crippen molar-refractivity contribution in [1.29, 1.82) is 0 Å². The van der Waals surface area contributed by atoms with E-state index in [-0.39, 0.29) is 18.5 Å². The number of benzene rings is 2. The third-order valence-electron chi connectivity index (χ3n) is 5.01. The van der Waals surface area contributed by atoms with Gasteiger partial charge in [-0.3, -0.25) is 4.79 Å². The van der Waals surface area contributed by atoms with E-state index in [2.05, 4.69) is 48.7 Å². The van der Waals surface area contributed by atoms with Gasteiger partial charge in [-0.1, -0.05) is 55.8 Å². The molecule has 0 unspecified atom stereocenters. The van der Waals surface area contributed by atoms with Crippen LogP contribution < -0.4 is 10.6 Å². The van der Waals surface area contributed by atoms with Crippen molar-refractivity contribution in [3.8, 4) is 0 Å². The normalized spacial score (nSPS) is 10.7. The summed E-state index contributed by atoms with van der Waals surface area (Å²) in [6, 6.07) is 12.3. The SMILES string of the molecule is Cc1cc(C)c(NC(=O)CN(C)C(=O)NCCc2ccc(C(C)C)cc2)c(C)c1. The summed E-state index contributed by atoms with van der Waals surface area (Å²) in [6.07, 6.45) is 0.756. The standard InChI is InChI=1S/C24H33N3O2/c1-16(2)21-9-7-20(8-10-21)11-12-25-24(29)27(6)15-22(28)26-23-18(4)13-17(3)14-19(23)5/h7-10,13-14,16H,11-12,15H2,1-6H3,(H,25,29)(H,26,28). The molecule has 2 rings (SSSR count). The molecule has 2 aromatic carbocycles. The molecule has 0 fully saturated rings. The first-order valence-electron chi connectivity index (χ1n) is 10.1. The number of likely N-dealkylation sites (N-methyl/N-ethyl adjacent to an activating group) is 1. The van der Waals surface area contributed by atoms with Crippen LogP contribution in [0.3, 0.4) is 0 Å². The second-order valence-electron chi connectivity index (χ2n) is 8.06. The molecule has 3 amide bonds. The zero-order chi connectivity index (χ0) is 21.6. The molecule has 0 radical (unpaired) electrons. The van der Waals surface area contributed by atoms with Gasteiger partial charge >= 0.3 is 6.03 Å². The quantitative estimate of drug-likeness (QED) is 0.722. The van der Waals surface area contributed by atoms with Crippen molar-refractivity contribution in [3.63, 3.8) is 0 Å². The van der Waals surface area contributed by atoms with Gasteiger partial charge in [-0.05, 0) is 55.4 Å². The lowest BCUT2D eigenvalue weighted by atomic mass is 10.0. The largest absolute Gasteiger partial charge is 0.338 e. The zero-order valence-electron chi connectivity index (χ0n) is 18.4. The highest BCUT2D eigenvalue weighted by molar-refractivity contribution is 5.95. The van der Waals surface area contributed by atoms with Crippen molar-refractivity contribution < 1.29 is 9.59 Å². The lowest BCUT2D eigenvalue weighted by Gasteiger charge is -2.19. The van der Waals surface area contributed by atoms with Crippen LogP contribution in [0.1, 0.15) is 47.6 Å². The Morgan fingerprint density at radius 2 is 1.59 bits per heavy atom. The van der Waals surface area contributed by atoms with Gasteiger partial charge in [0.15, 0.2) is 0 Å². The minimum Gasteiger partial charge on any atom is -0.338 e. The Labute approximate surface area is 174 Å². The molecule has 0 spiro atoms. The van der Waals surface area contributed by atoms with Gasteiger partial charge in [0, 0.05) is 19.3 Å². The van der Waals surface area contributed by atoms with Gasteiger partial charge in [-0.25, -0.2) is 4.79 Å². The summed E-state index contributed by atoms with van der Waals surface area (Å²) in [5.41, 5.74) is 6.51. The molecule has 0 saturated heterocycles. The summed E-state index contributed by atoms with van der Waals surface area (Å²) in [6.45, 7) is 10.8. The minimum absolute atomic E-state index is 0.00166. The average Bonchev–Trinajstić information content (AvgIpc) is 2.64. The van der Waals surface area contributed by atoms with Crippen molar-refractivity contribution in [2.75, 3.05) is 25.5 Å². The Balaban J connectivity index is 1.80. The van der Waals surface area contributed by atoms with E-state index < -0.39 is 0 Å². The van der Waals surface area contributed by atoms with Crippen LogP contribution in [0.2, 0.25) is 0 Å². The highest BCUT2D eigenvalue weighted by atomic mass is 16.2. The zero-order valence-corrected chi connectivity index (χ0v) is 18.4. The van der Waals surface area contributed by atoms with Crippen molar-refractivity contribution in [3.05, 3.63) is 64.2 Å². The van der Waals surface area contributed by atoms with Gasteiger partial charge in [0.05, 0.1) is 0 Å². The van der Waals surface area contributed by atoms with Crippen LogP contribution in [0.5, 0.6) is 0 Å². The first kappa shape index (κ1) is 22.5. The number of nitrogens with zero attached hydrogens (tertiary/aromatic N) is 1. The van der Waals surface area contributed by atoms with Gasteiger partial charge in [-0.15, -0.1) is 0 Å². The maximum absolute atomic E-state index is 12.4. The molecule has 156 valence electrons. The molecule has 5 heteroatoms. The van der Waals surface area contributed by atoms with E-state index in [9.17, 15) is 9.59 Å². The lowest BCUT2D eigenvalue weighted by molar-refractivity contribution is -0.116. The van der Waals surface area contributed by atoms with E-state index in [1.807, 2.05) is 32.9 Å². The Morgan fingerprint density at radius 1 is 1.00 bits per heavy atom. The number of carbonyl (C=O) groups is 2. The molecule has 29 heavy (non-hydrogen) atoms. The Morgan fingerprint density at radius 3 is 2.14 bits per heavy atom. The van der Waals surface area contributed by atoms with E-state index in [0.29, 0.717) is 12.5 Å². The number of aryl methyl sites for hydroxylation is 3. The number of hydrogen-bond donors (Lipinski definition) is 2. The maximum Gasteiger partial charge on any atom is 0.317 e. The number of carbonyl (C=O) groups excluding carboxylic acids is 2. The summed E-state index contributed by atoms with van der Waals surface area (Å²) >= 11 is 0. The fraction of sp³-hybridized carbons (Fsp3) is 0.417. The first-order valence-corrected chi connectivity index (χ1v) is 10.1. The summed E-state index contributed by atoms with van der Waals surface area (Å²) in [4.78, 5) is 26.0. The van der Waals surface area contributed by atoms with Gasteiger partial charge in [-0.2, -0.15) is 0 Å². The molecular weight excluding hydrogens is 362 g/mol. The van der Waals surface area contributed by atoms with Crippen LogP contribution in [0.4, 0.5) is 10.5 Å². The van der Waals surface area contributed by atoms with Crippen molar-refractivity contribution >= 4 is 17.6 Å². The number of urea groups is 1. The van der Waals surface area contributed by atoms with Crippen LogP contribution in [-0.2, 0) is 11.2 Å². The number of nitrogens with one attached hydrogen (secondary N) is 2. The molecule has 2 aromatic rings.